The quantitative estimate of drug-likeness (QED) is 0.909. The van der Waals surface area contributed by atoms with Gasteiger partial charge in [-0.3, -0.25) is 0 Å². The van der Waals surface area contributed by atoms with E-state index in [-0.39, 0.29) is 0 Å². The number of aryl methyl sites for hydroxylation is 1. The van der Waals surface area contributed by atoms with E-state index in [1.54, 1.807) is 7.11 Å². The van der Waals surface area contributed by atoms with Crippen molar-refractivity contribution >= 4 is 0 Å². The molecule has 2 rings (SSSR count). The largest absolute Gasteiger partial charge is 0.504 e. The Kier molecular flexibility index (Phi) is 4.32. The minimum absolute atomic E-state index is 0.331. The van der Waals surface area contributed by atoms with Crippen molar-refractivity contribution in [2.24, 2.45) is 5.92 Å². The molecule has 108 valence electrons. The molecular formula is C16H22N2O2. The Labute approximate surface area is 120 Å². The monoisotopic (exact) mass is 274 g/mol. The zero-order chi connectivity index (χ0) is 14.7. The topological polar surface area (TPSA) is 47.3 Å². The zero-order valence-electron chi connectivity index (χ0n) is 12.6. The van der Waals surface area contributed by atoms with Crippen LogP contribution in [0.1, 0.15) is 32.2 Å². The normalized spacial score (nSPS) is 11.1. The third kappa shape index (κ3) is 2.79. The van der Waals surface area contributed by atoms with Crippen LogP contribution in [0.25, 0.3) is 5.69 Å². The van der Waals surface area contributed by atoms with Crippen LogP contribution < -0.4 is 4.74 Å². The third-order valence-electron chi connectivity index (χ3n) is 3.28. The lowest BCUT2D eigenvalue weighted by Gasteiger charge is -2.10. The van der Waals surface area contributed by atoms with Crippen molar-refractivity contribution < 1.29 is 9.84 Å². The van der Waals surface area contributed by atoms with Crippen LogP contribution in [0.5, 0.6) is 11.5 Å². The van der Waals surface area contributed by atoms with Crippen LogP contribution >= 0.6 is 0 Å². The maximum absolute atomic E-state index is 10.3. The maximum atomic E-state index is 10.3. The van der Waals surface area contributed by atoms with Crippen molar-refractivity contribution in [2.45, 2.75) is 33.6 Å². The number of aromatic nitrogens is 2. The predicted octanol–water partition coefficient (Wildman–Crippen LogP) is 3.35. The minimum Gasteiger partial charge on any atom is -0.504 e. The number of methoxy groups -OCH3 is 1. The Bertz CT molecular complexity index is 571. The number of benzene rings is 1. The molecule has 0 aliphatic carbocycles. The van der Waals surface area contributed by atoms with Gasteiger partial charge < -0.3 is 9.84 Å². The van der Waals surface area contributed by atoms with E-state index >= 15 is 0 Å². The summed E-state index contributed by atoms with van der Waals surface area (Å²) in [6.45, 7) is 6.27. The third-order valence-corrected chi connectivity index (χ3v) is 3.28. The highest BCUT2D eigenvalue weighted by atomic mass is 16.5. The number of rotatable bonds is 5. The summed E-state index contributed by atoms with van der Waals surface area (Å²) in [4.78, 5) is 0. The van der Waals surface area contributed by atoms with E-state index in [1.807, 2.05) is 35.9 Å². The highest BCUT2D eigenvalue weighted by Gasteiger charge is 2.18. The van der Waals surface area contributed by atoms with Crippen LogP contribution in [0.4, 0.5) is 0 Å². The fourth-order valence-electron chi connectivity index (χ4n) is 2.24. The van der Waals surface area contributed by atoms with Gasteiger partial charge in [0.15, 0.2) is 5.75 Å². The minimum atomic E-state index is 0.331. The van der Waals surface area contributed by atoms with Gasteiger partial charge in [-0.15, -0.1) is 0 Å². The van der Waals surface area contributed by atoms with E-state index in [9.17, 15) is 5.11 Å². The van der Waals surface area contributed by atoms with Crippen LogP contribution in [0.2, 0.25) is 0 Å². The molecule has 0 radical (unpaired) electrons. The summed E-state index contributed by atoms with van der Waals surface area (Å²) in [6, 6.07) is 7.71. The second-order valence-electron chi connectivity index (χ2n) is 5.30. The second kappa shape index (κ2) is 5.99. The van der Waals surface area contributed by atoms with Crippen LogP contribution in [0.15, 0.2) is 24.3 Å². The molecule has 0 saturated carbocycles. The fraction of sp³-hybridized carbons (Fsp3) is 0.438. The molecule has 0 saturated heterocycles. The highest BCUT2D eigenvalue weighted by molar-refractivity contribution is 5.43. The number of nitrogens with zero attached hydrogens (tertiary/aromatic N) is 2. The summed E-state index contributed by atoms with van der Waals surface area (Å²) >= 11 is 0. The van der Waals surface area contributed by atoms with Gasteiger partial charge in [0.2, 0.25) is 0 Å². The first-order chi connectivity index (χ1) is 9.56. The van der Waals surface area contributed by atoms with Gasteiger partial charge in [0.25, 0.3) is 0 Å². The first-order valence-electron chi connectivity index (χ1n) is 7.01. The van der Waals surface area contributed by atoms with Crippen molar-refractivity contribution in [1.82, 2.24) is 9.78 Å². The van der Waals surface area contributed by atoms with E-state index in [1.165, 1.54) is 0 Å². The summed E-state index contributed by atoms with van der Waals surface area (Å²) in [5.74, 6) is 1.60. The van der Waals surface area contributed by atoms with E-state index in [0.29, 0.717) is 11.7 Å². The van der Waals surface area contributed by atoms with Crippen molar-refractivity contribution in [1.29, 1.82) is 0 Å². The van der Waals surface area contributed by atoms with E-state index < -0.39 is 0 Å². The molecule has 0 aliphatic heterocycles. The summed E-state index contributed by atoms with van der Waals surface area (Å²) in [5.41, 5.74) is 2.56. The molecule has 20 heavy (non-hydrogen) atoms. The summed E-state index contributed by atoms with van der Waals surface area (Å²) in [6.07, 6.45) is 1.52. The Balaban J connectivity index is 2.47. The summed E-state index contributed by atoms with van der Waals surface area (Å²) < 4.78 is 7.01. The van der Waals surface area contributed by atoms with Gasteiger partial charge in [-0.1, -0.05) is 20.8 Å². The molecule has 0 atom stereocenters. The zero-order valence-corrected chi connectivity index (χ0v) is 12.6. The Morgan fingerprint density at radius 3 is 2.40 bits per heavy atom. The van der Waals surface area contributed by atoms with E-state index in [0.717, 1.165) is 35.7 Å². The first kappa shape index (κ1) is 14.4. The lowest BCUT2D eigenvalue weighted by atomic mass is 10.1. The number of ether oxygens (including phenoxy) is 1. The molecule has 0 amide bonds. The van der Waals surface area contributed by atoms with Crippen LogP contribution in [-0.2, 0) is 12.8 Å². The SMILES string of the molecule is CCc1nn(-c2ccc(OC)cc2)c(CC(C)C)c1O. The van der Waals surface area contributed by atoms with Crippen LogP contribution in [0.3, 0.4) is 0 Å². The molecular weight excluding hydrogens is 252 g/mol. The van der Waals surface area contributed by atoms with E-state index in [4.69, 9.17) is 4.74 Å². The molecule has 0 bridgehead atoms. The van der Waals surface area contributed by atoms with Gasteiger partial charge in [0.05, 0.1) is 18.5 Å². The Morgan fingerprint density at radius 2 is 1.90 bits per heavy atom. The molecule has 1 aromatic heterocycles. The van der Waals surface area contributed by atoms with Crippen molar-refractivity contribution in [3.63, 3.8) is 0 Å². The van der Waals surface area contributed by atoms with Crippen molar-refractivity contribution in [3.05, 3.63) is 35.7 Å². The van der Waals surface area contributed by atoms with Crippen molar-refractivity contribution in [3.8, 4) is 17.2 Å². The molecule has 1 N–H and O–H groups in total. The van der Waals surface area contributed by atoms with E-state index in [2.05, 4.69) is 18.9 Å². The van der Waals surface area contributed by atoms with Gasteiger partial charge >= 0.3 is 0 Å². The van der Waals surface area contributed by atoms with Crippen LogP contribution in [-0.4, -0.2) is 22.0 Å². The van der Waals surface area contributed by atoms with Crippen LogP contribution in [0, 0.1) is 5.92 Å². The van der Waals surface area contributed by atoms with Gasteiger partial charge in [0.1, 0.15) is 11.4 Å². The average molecular weight is 274 g/mol. The first-order valence-corrected chi connectivity index (χ1v) is 7.01. The number of aromatic hydroxyl groups is 1. The van der Waals surface area contributed by atoms with Gasteiger partial charge in [-0.2, -0.15) is 5.10 Å². The second-order valence-corrected chi connectivity index (χ2v) is 5.30. The number of hydrogen-bond acceptors (Lipinski definition) is 3. The summed E-state index contributed by atoms with van der Waals surface area (Å²) in [7, 11) is 1.65. The molecule has 4 heteroatoms. The van der Waals surface area contributed by atoms with Gasteiger partial charge in [-0.05, 0) is 43.0 Å². The van der Waals surface area contributed by atoms with Crippen molar-refractivity contribution in [2.75, 3.05) is 7.11 Å². The molecule has 2 aromatic rings. The Morgan fingerprint density at radius 1 is 1.25 bits per heavy atom. The lowest BCUT2D eigenvalue weighted by molar-refractivity contribution is 0.414. The standard InChI is InChI=1S/C16H22N2O2/c1-5-14-16(19)15(10-11(2)3)18(17-14)12-6-8-13(20-4)9-7-12/h6-9,11,19H,5,10H2,1-4H3. The van der Waals surface area contributed by atoms with Gasteiger partial charge in [-0.25, -0.2) is 4.68 Å². The number of hydrogen-bond donors (Lipinski definition) is 1. The molecule has 0 unspecified atom stereocenters. The molecule has 0 fully saturated rings. The summed E-state index contributed by atoms with van der Waals surface area (Å²) in [5, 5.41) is 14.8. The maximum Gasteiger partial charge on any atom is 0.160 e. The van der Waals surface area contributed by atoms with Gasteiger partial charge in [0, 0.05) is 0 Å². The average Bonchev–Trinajstić information content (AvgIpc) is 2.75. The molecule has 0 aliphatic rings. The predicted molar refractivity (Wildman–Crippen MR) is 79.7 cm³/mol. The highest BCUT2D eigenvalue weighted by Crippen LogP contribution is 2.28. The smallest absolute Gasteiger partial charge is 0.160 e. The molecule has 1 heterocycles. The molecule has 1 aromatic carbocycles. The Hall–Kier alpha value is -1.97. The molecule has 4 nitrogen and oxygen atoms in total. The molecule has 0 spiro atoms. The fourth-order valence-corrected chi connectivity index (χ4v) is 2.24. The lowest BCUT2D eigenvalue weighted by Crippen LogP contribution is -2.05.